The topological polar surface area (TPSA) is 42.7 Å². The highest BCUT2D eigenvalue weighted by Crippen LogP contribution is 2.13. The van der Waals surface area contributed by atoms with Gasteiger partial charge in [0.05, 0.1) is 12.2 Å². The van der Waals surface area contributed by atoms with Crippen molar-refractivity contribution in [2.24, 2.45) is 0 Å². The zero-order valence-electron chi connectivity index (χ0n) is 9.52. The predicted octanol–water partition coefficient (Wildman–Crippen LogP) is 3.06. The van der Waals surface area contributed by atoms with Gasteiger partial charge in [-0.15, -0.1) is 0 Å². The standard InChI is InChI=1S/C12H13BrN4/c1-3-17-8-11(16-9(17)2)7-15-10-4-5-14-12(13)6-10/h3-6,8H,1,7H2,2H3,(H,14,15). The normalized spacial score (nSPS) is 10.2. The number of anilines is 1. The van der Waals surface area contributed by atoms with Crippen molar-refractivity contribution < 1.29 is 0 Å². The number of imidazole rings is 1. The smallest absolute Gasteiger partial charge is 0.109 e. The van der Waals surface area contributed by atoms with E-state index in [0.29, 0.717) is 6.54 Å². The zero-order chi connectivity index (χ0) is 12.3. The maximum absolute atomic E-state index is 4.42. The third-order valence-corrected chi connectivity index (χ3v) is 2.80. The van der Waals surface area contributed by atoms with Crippen LogP contribution >= 0.6 is 15.9 Å². The Balaban J connectivity index is 2.04. The van der Waals surface area contributed by atoms with E-state index in [1.54, 1.807) is 12.4 Å². The molecule has 2 rings (SSSR count). The number of aromatic nitrogens is 3. The molecule has 4 nitrogen and oxygen atoms in total. The molecule has 0 aromatic carbocycles. The van der Waals surface area contributed by atoms with E-state index in [4.69, 9.17) is 0 Å². The fraction of sp³-hybridized carbons (Fsp3) is 0.167. The minimum atomic E-state index is 0.679. The van der Waals surface area contributed by atoms with Crippen molar-refractivity contribution in [3.05, 3.63) is 47.2 Å². The highest BCUT2D eigenvalue weighted by atomic mass is 79.9. The van der Waals surface area contributed by atoms with Crippen molar-refractivity contribution in [3.63, 3.8) is 0 Å². The highest BCUT2D eigenvalue weighted by Gasteiger charge is 2.01. The van der Waals surface area contributed by atoms with Crippen molar-refractivity contribution in [3.8, 4) is 0 Å². The van der Waals surface area contributed by atoms with E-state index in [1.807, 2.05) is 29.8 Å². The lowest BCUT2D eigenvalue weighted by Gasteiger charge is -2.03. The Kier molecular flexibility index (Phi) is 3.58. The van der Waals surface area contributed by atoms with Gasteiger partial charge in [-0.3, -0.25) is 0 Å². The molecule has 0 aliphatic heterocycles. The number of nitrogens with one attached hydrogen (secondary N) is 1. The van der Waals surface area contributed by atoms with Crippen LogP contribution in [0.1, 0.15) is 11.5 Å². The molecule has 0 bridgehead atoms. The summed E-state index contributed by atoms with van der Waals surface area (Å²) in [6.07, 6.45) is 5.46. The third kappa shape index (κ3) is 2.94. The van der Waals surface area contributed by atoms with Gasteiger partial charge in [0.25, 0.3) is 0 Å². The van der Waals surface area contributed by atoms with Gasteiger partial charge in [0.15, 0.2) is 0 Å². The maximum atomic E-state index is 4.42. The third-order valence-electron chi connectivity index (χ3n) is 2.36. The summed E-state index contributed by atoms with van der Waals surface area (Å²) in [4.78, 5) is 8.49. The molecular weight excluding hydrogens is 280 g/mol. The molecule has 5 heteroatoms. The second kappa shape index (κ2) is 5.14. The van der Waals surface area contributed by atoms with Crippen LogP contribution in [0.4, 0.5) is 5.69 Å². The molecule has 0 radical (unpaired) electrons. The van der Waals surface area contributed by atoms with E-state index in [2.05, 4.69) is 37.8 Å². The molecule has 0 saturated heterocycles. The average molecular weight is 293 g/mol. The van der Waals surface area contributed by atoms with Crippen LogP contribution in [0.2, 0.25) is 0 Å². The lowest BCUT2D eigenvalue weighted by atomic mass is 10.4. The number of hydrogen-bond acceptors (Lipinski definition) is 3. The summed E-state index contributed by atoms with van der Waals surface area (Å²) in [6, 6.07) is 3.85. The molecule has 0 unspecified atom stereocenters. The molecule has 0 saturated carbocycles. The number of rotatable bonds is 4. The van der Waals surface area contributed by atoms with Crippen LogP contribution in [-0.2, 0) is 6.54 Å². The fourth-order valence-corrected chi connectivity index (χ4v) is 1.89. The number of hydrogen-bond donors (Lipinski definition) is 1. The molecule has 0 atom stereocenters. The Bertz CT molecular complexity index is 533. The zero-order valence-corrected chi connectivity index (χ0v) is 11.1. The predicted molar refractivity (Wildman–Crippen MR) is 72.6 cm³/mol. The van der Waals surface area contributed by atoms with Gasteiger partial charge < -0.3 is 9.88 Å². The van der Waals surface area contributed by atoms with Crippen molar-refractivity contribution in [1.29, 1.82) is 0 Å². The molecule has 1 N–H and O–H groups in total. The Hall–Kier alpha value is -1.62. The summed E-state index contributed by atoms with van der Waals surface area (Å²) >= 11 is 3.33. The summed E-state index contributed by atoms with van der Waals surface area (Å²) in [5.41, 5.74) is 1.99. The molecule has 0 amide bonds. The first-order valence-electron chi connectivity index (χ1n) is 5.21. The molecule has 2 aromatic heterocycles. The van der Waals surface area contributed by atoms with Gasteiger partial charge in [0, 0.05) is 24.3 Å². The Morgan fingerprint density at radius 1 is 1.59 bits per heavy atom. The quantitative estimate of drug-likeness (QED) is 0.881. The van der Waals surface area contributed by atoms with E-state index < -0.39 is 0 Å². The Labute approximate surface area is 109 Å². The highest BCUT2D eigenvalue weighted by molar-refractivity contribution is 9.10. The second-order valence-corrected chi connectivity index (χ2v) is 4.40. The molecule has 0 aliphatic carbocycles. The Morgan fingerprint density at radius 2 is 2.41 bits per heavy atom. The summed E-state index contributed by atoms with van der Waals surface area (Å²) in [5, 5.41) is 3.29. The fourth-order valence-electron chi connectivity index (χ4n) is 1.52. The van der Waals surface area contributed by atoms with Crippen molar-refractivity contribution >= 4 is 27.8 Å². The minimum absolute atomic E-state index is 0.679. The SMILES string of the molecule is C=Cn1cc(CNc2ccnc(Br)c2)nc1C. The molecule has 88 valence electrons. The first-order chi connectivity index (χ1) is 8.19. The van der Waals surface area contributed by atoms with Gasteiger partial charge in [0.2, 0.25) is 0 Å². The van der Waals surface area contributed by atoms with Crippen molar-refractivity contribution in [1.82, 2.24) is 14.5 Å². The van der Waals surface area contributed by atoms with Crippen LogP contribution in [0.3, 0.4) is 0 Å². The molecule has 17 heavy (non-hydrogen) atoms. The van der Waals surface area contributed by atoms with Crippen LogP contribution in [0.25, 0.3) is 6.20 Å². The Morgan fingerprint density at radius 3 is 3.06 bits per heavy atom. The van der Waals surface area contributed by atoms with E-state index in [-0.39, 0.29) is 0 Å². The number of nitrogens with zero attached hydrogens (tertiary/aromatic N) is 3. The molecule has 2 heterocycles. The minimum Gasteiger partial charge on any atom is -0.379 e. The van der Waals surface area contributed by atoms with Crippen LogP contribution in [0, 0.1) is 6.92 Å². The molecule has 0 spiro atoms. The van der Waals surface area contributed by atoms with Crippen molar-refractivity contribution in [2.45, 2.75) is 13.5 Å². The van der Waals surface area contributed by atoms with Crippen LogP contribution in [0.5, 0.6) is 0 Å². The average Bonchev–Trinajstić information content (AvgIpc) is 2.67. The lowest BCUT2D eigenvalue weighted by Crippen LogP contribution is -1.99. The summed E-state index contributed by atoms with van der Waals surface area (Å²) in [6.45, 7) is 6.35. The maximum Gasteiger partial charge on any atom is 0.109 e. The summed E-state index contributed by atoms with van der Waals surface area (Å²) < 4.78 is 2.72. The molecule has 0 aliphatic rings. The van der Waals surface area contributed by atoms with Gasteiger partial charge in [-0.2, -0.15) is 0 Å². The summed E-state index contributed by atoms with van der Waals surface area (Å²) in [5.74, 6) is 0.938. The summed E-state index contributed by atoms with van der Waals surface area (Å²) in [7, 11) is 0. The second-order valence-electron chi connectivity index (χ2n) is 3.59. The lowest BCUT2D eigenvalue weighted by molar-refractivity contribution is 1.02. The number of aryl methyl sites for hydroxylation is 1. The van der Waals surface area contributed by atoms with E-state index in [0.717, 1.165) is 21.8 Å². The molecular formula is C12H13BrN4. The van der Waals surface area contributed by atoms with Gasteiger partial charge in [-0.1, -0.05) is 6.58 Å². The molecule has 0 fully saturated rings. The van der Waals surface area contributed by atoms with Crippen LogP contribution in [0.15, 0.2) is 35.7 Å². The van der Waals surface area contributed by atoms with E-state index in [1.165, 1.54) is 0 Å². The van der Waals surface area contributed by atoms with E-state index in [9.17, 15) is 0 Å². The van der Waals surface area contributed by atoms with Gasteiger partial charge in [0.1, 0.15) is 10.4 Å². The number of halogens is 1. The largest absolute Gasteiger partial charge is 0.379 e. The van der Waals surface area contributed by atoms with Crippen LogP contribution in [-0.4, -0.2) is 14.5 Å². The first kappa shape index (κ1) is 11.9. The van der Waals surface area contributed by atoms with Crippen LogP contribution < -0.4 is 5.32 Å². The van der Waals surface area contributed by atoms with Gasteiger partial charge in [-0.25, -0.2) is 9.97 Å². The van der Waals surface area contributed by atoms with E-state index >= 15 is 0 Å². The molecule has 2 aromatic rings. The number of pyridine rings is 1. The van der Waals surface area contributed by atoms with Crippen molar-refractivity contribution in [2.75, 3.05) is 5.32 Å². The van der Waals surface area contributed by atoms with Gasteiger partial charge in [-0.05, 0) is 35.0 Å². The first-order valence-corrected chi connectivity index (χ1v) is 6.00. The monoisotopic (exact) mass is 292 g/mol. The van der Waals surface area contributed by atoms with Gasteiger partial charge >= 0.3 is 0 Å².